The van der Waals surface area contributed by atoms with Gasteiger partial charge in [0.2, 0.25) is 10.0 Å². The van der Waals surface area contributed by atoms with E-state index in [4.69, 9.17) is 28.3 Å². The maximum atomic E-state index is 12.5. The molecule has 19 heavy (non-hydrogen) atoms. The summed E-state index contributed by atoms with van der Waals surface area (Å²) in [4.78, 5) is 0.0792. The number of benzene rings is 1. The summed E-state index contributed by atoms with van der Waals surface area (Å²) in [5.41, 5.74) is 1.10. The third-order valence-corrected chi connectivity index (χ3v) is 6.36. The lowest BCUT2D eigenvalue weighted by Gasteiger charge is -2.37. The first-order valence-corrected chi connectivity index (χ1v) is 8.04. The van der Waals surface area contributed by atoms with Gasteiger partial charge in [-0.05, 0) is 31.0 Å². The van der Waals surface area contributed by atoms with Crippen molar-refractivity contribution in [1.29, 1.82) is 0 Å². The van der Waals surface area contributed by atoms with E-state index in [-0.39, 0.29) is 22.4 Å². The van der Waals surface area contributed by atoms with Crippen LogP contribution in [0.25, 0.3) is 0 Å². The molecule has 0 amide bonds. The second-order valence-electron chi connectivity index (χ2n) is 4.81. The Balaban J connectivity index is 2.47. The molecule has 1 aromatic carbocycles. The molecule has 1 aromatic rings. The Morgan fingerprint density at radius 2 is 1.95 bits per heavy atom. The van der Waals surface area contributed by atoms with Crippen LogP contribution in [0.5, 0.6) is 0 Å². The van der Waals surface area contributed by atoms with E-state index in [0.29, 0.717) is 29.2 Å². The van der Waals surface area contributed by atoms with Gasteiger partial charge in [-0.2, -0.15) is 4.31 Å². The number of hydrogen-bond donors (Lipinski definition) is 1. The first-order chi connectivity index (χ1) is 8.78. The molecule has 2 rings (SSSR count). The predicted octanol–water partition coefficient (Wildman–Crippen LogP) is 2.22. The Hall–Kier alpha value is -0.330. The van der Waals surface area contributed by atoms with Crippen LogP contribution < -0.4 is 0 Å². The van der Waals surface area contributed by atoms with Gasteiger partial charge in [0.1, 0.15) is 4.90 Å². The van der Waals surface area contributed by atoms with E-state index in [9.17, 15) is 8.42 Å². The molecule has 1 heterocycles. The predicted molar refractivity (Wildman–Crippen MR) is 75.3 cm³/mol. The van der Waals surface area contributed by atoms with E-state index in [1.807, 2.05) is 0 Å². The standard InChI is InChI=1S/C12H15Cl2NO3S/c1-7-3-10(13)8(2)12(11(7)14)19(17,18)15-4-9(5-15)6-16/h3,9,16H,4-6H2,1-2H3. The summed E-state index contributed by atoms with van der Waals surface area (Å²) in [5, 5.41) is 9.57. The number of aryl methyl sites for hydroxylation is 1. The largest absolute Gasteiger partial charge is 0.396 e. The number of rotatable bonds is 3. The first kappa shape index (κ1) is 15.1. The van der Waals surface area contributed by atoms with Crippen molar-refractivity contribution in [2.75, 3.05) is 19.7 Å². The summed E-state index contributed by atoms with van der Waals surface area (Å²) >= 11 is 12.2. The van der Waals surface area contributed by atoms with Crippen LogP contribution in [-0.4, -0.2) is 37.5 Å². The summed E-state index contributed by atoms with van der Waals surface area (Å²) in [5.74, 6) is 0.00846. The van der Waals surface area contributed by atoms with Crippen molar-refractivity contribution < 1.29 is 13.5 Å². The van der Waals surface area contributed by atoms with E-state index < -0.39 is 10.0 Å². The summed E-state index contributed by atoms with van der Waals surface area (Å²) < 4.78 is 26.4. The first-order valence-electron chi connectivity index (χ1n) is 5.85. The van der Waals surface area contributed by atoms with Crippen molar-refractivity contribution in [2.24, 2.45) is 5.92 Å². The van der Waals surface area contributed by atoms with Gasteiger partial charge in [0.15, 0.2) is 0 Å². The van der Waals surface area contributed by atoms with Crippen molar-refractivity contribution in [1.82, 2.24) is 4.31 Å². The van der Waals surface area contributed by atoms with Gasteiger partial charge in [-0.25, -0.2) is 8.42 Å². The number of aliphatic hydroxyl groups is 1. The minimum absolute atomic E-state index is 0.00664. The number of halogens is 2. The van der Waals surface area contributed by atoms with Gasteiger partial charge in [0.25, 0.3) is 0 Å². The molecule has 0 aliphatic carbocycles. The second kappa shape index (κ2) is 5.22. The molecule has 1 N–H and O–H groups in total. The van der Waals surface area contributed by atoms with Crippen molar-refractivity contribution in [3.63, 3.8) is 0 Å². The molecule has 106 valence electrons. The van der Waals surface area contributed by atoms with Gasteiger partial charge in [-0.15, -0.1) is 0 Å². The van der Waals surface area contributed by atoms with Crippen LogP contribution in [0.1, 0.15) is 11.1 Å². The van der Waals surface area contributed by atoms with Crippen LogP contribution >= 0.6 is 23.2 Å². The van der Waals surface area contributed by atoms with E-state index in [0.717, 1.165) is 0 Å². The average Bonchev–Trinajstić information content (AvgIpc) is 2.24. The Morgan fingerprint density at radius 3 is 2.47 bits per heavy atom. The maximum absolute atomic E-state index is 12.5. The van der Waals surface area contributed by atoms with Crippen LogP contribution in [0.2, 0.25) is 10.0 Å². The van der Waals surface area contributed by atoms with Gasteiger partial charge in [0.05, 0.1) is 5.02 Å². The van der Waals surface area contributed by atoms with Crippen LogP contribution in [-0.2, 0) is 10.0 Å². The number of hydrogen-bond acceptors (Lipinski definition) is 3. The highest BCUT2D eigenvalue weighted by Gasteiger charge is 2.38. The van der Waals surface area contributed by atoms with Gasteiger partial charge < -0.3 is 5.11 Å². The molecular weight excluding hydrogens is 309 g/mol. The highest BCUT2D eigenvalue weighted by molar-refractivity contribution is 7.89. The number of aliphatic hydroxyl groups excluding tert-OH is 1. The lowest BCUT2D eigenvalue weighted by atomic mass is 10.1. The topological polar surface area (TPSA) is 57.6 Å². The van der Waals surface area contributed by atoms with E-state index in [1.165, 1.54) is 4.31 Å². The molecule has 0 bridgehead atoms. The zero-order valence-corrected chi connectivity index (χ0v) is 13.0. The normalized spacial score (nSPS) is 17.5. The highest BCUT2D eigenvalue weighted by Crippen LogP contribution is 2.36. The molecule has 1 aliphatic heterocycles. The van der Waals surface area contributed by atoms with Crippen molar-refractivity contribution >= 4 is 33.2 Å². The molecular formula is C12H15Cl2NO3S. The molecule has 0 radical (unpaired) electrons. The van der Waals surface area contributed by atoms with Crippen LogP contribution in [0.3, 0.4) is 0 Å². The molecule has 4 nitrogen and oxygen atoms in total. The van der Waals surface area contributed by atoms with E-state index in [1.54, 1.807) is 19.9 Å². The smallest absolute Gasteiger partial charge is 0.244 e. The zero-order chi connectivity index (χ0) is 14.4. The van der Waals surface area contributed by atoms with Crippen LogP contribution in [0, 0.1) is 19.8 Å². The molecule has 1 saturated heterocycles. The monoisotopic (exact) mass is 323 g/mol. The minimum atomic E-state index is -3.65. The Labute approximate surface area is 123 Å². The van der Waals surface area contributed by atoms with E-state index in [2.05, 4.69) is 0 Å². The van der Waals surface area contributed by atoms with Gasteiger partial charge in [-0.1, -0.05) is 23.2 Å². The van der Waals surface area contributed by atoms with Crippen molar-refractivity contribution in [2.45, 2.75) is 18.7 Å². The van der Waals surface area contributed by atoms with Gasteiger partial charge >= 0.3 is 0 Å². The molecule has 1 fully saturated rings. The lowest BCUT2D eigenvalue weighted by Crippen LogP contribution is -2.51. The summed E-state index contributed by atoms with van der Waals surface area (Å²) in [7, 11) is -3.65. The molecule has 0 saturated carbocycles. The fourth-order valence-electron chi connectivity index (χ4n) is 2.08. The molecule has 0 aromatic heterocycles. The van der Waals surface area contributed by atoms with E-state index >= 15 is 0 Å². The molecule has 1 aliphatic rings. The van der Waals surface area contributed by atoms with Crippen LogP contribution in [0.4, 0.5) is 0 Å². The lowest BCUT2D eigenvalue weighted by molar-refractivity contribution is 0.117. The third kappa shape index (κ3) is 2.50. The zero-order valence-electron chi connectivity index (χ0n) is 10.7. The third-order valence-electron chi connectivity index (χ3n) is 3.37. The average molecular weight is 324 g/mol. The minimum Gasteiger partial charge on any atom is -0.396 e. The fourth-order valence-corrected chi connectivity index (χ4v) is 4.84. The van der Waals surface area contributed by atoms with Gasteiger partial charge in [-0.3, -0.25) is 0 Å². The molecule has 7 heteroatoms. The van der Waals surface area contributed by atoms with Crippen molar-refractivity contribution in [3.05, 3.63) is 27.2 Å². The number of nitrogens with zero attached hydrogens (tertiary/aromatic N) is 1. The maximum Gasteiger partial charge on any atom is 0.244 e. The summed E-state index contributed by atoms with van der Waals surface area (Å²) in [6.45, 7) is 4.00. The Kier molecular flexibility index (Phi) is 4.14. The SMILES string of the molecule is Cc1cc(Cl)c(C)c(S(=O)(=O)N2CC(CO)C2)c1Cl. The quantitative estimate of drug-likeness (QED) is 0.927. The molecule has 0 atom stereocenters. The second-order valence-corrected chi connectivity index (χ2v) is 7.47. The summed E-state index contributed by atoms with van der Waals surface area (Å²) in [6, 6.07) is 1.66. The molecule has 0 unspecified atom stereocenters. The highest BCUT2D eigenvalue weighted by atomic mass is 35.5. The number of sulfonamides is 1. The fraction of sp³-hybridized carbons (Fsp3) is 0.500. The Bertz CT molecular complexity index is 584. The van der Waals surface area contributed by atoms with Crippen LogP contribution in [0.15, 0.2) is 11.0 Å². The molecule has 0 spiro atoms. The van der Waals surface area contributed by atoms with Crippen molar-refractivity contribution in [3.8, 4) is 0 Å². The Morgan fingerprint density at radius 1 is 1.37 bits per heavy atom. The summed E-state index contributed by atoms with van der Waals surface area (Å²) in [6.07, 6.45) is 0. The van der Waals surface area contributed by atoms with Gasteiger partial charge in [0, 0.05) is 30.6 Å².